The highest BCUT2D eigenvalue weighted by atomic mass is 79.9. The van der Waals surface area contributed by atoms with Gasteiger partial charge in [-0.15, -0.1) is 0 Å². The maximum Gasteiger partial charge on any atom is 0.0436 e. The van der Waals surface area contributed by atoms with Crippen LogP contribution >= 0.6 is 43.5 Å². The summed E-state index contributed by atoms with van der Waals surface area (Å²) in [6.07, 6.45) is 0.952. The number of halogens is 3. The van der Waals surface area contributed by atoms with Gasteiger partial charge in [-0.05, 0) is 35.7 Å². The molecule has 1 unspecified atom stereocenters. The van der Waals surface area contributed by atoms with Gasteiger partial charge in [0.05, 0.1) is 0 Å². The van der Waals surface area contributed by atoms with Crippen LogP contribution in [0.5, 0.6) is 0 Å². The average Bonchev–Trinajstić information content (AvgIpc) is 2.29. The molecule has 0 bridgehead atoms. The molecule has 2 aromatic rings. The van der Waals surface area contributed by atoms with E-state index in [4.69, 9.17) is 11.6 Å². The van der Waals surface area contributed by atoms with E-state index in [1.165, 1.54) is 11.1 Å². The predicted octanol–water partition coefficient (Wildman–Crippen LogP) is 5.78. The molecule has 88 valence electrons. The second-order valence-corrected chi connectivity index (χ2v) is 6.32. The minimum Gasteiger partial charge on any atom is -0.0843 e. The van der Waals surface area contributed by atoms with E-state index < -0.39 is 0 Å². The lowest BCUT2D eigenvalue weighted by Gasteiger charge is -2.11. The summed E-state index contributed by atoms with van der Waals surface area (Å²) in [6.45, 7) is 0. The highest BCUT2D eigenvalue weighted by Crippen LogP contribution is 2.31. The van der Waals surface area contributed by atoms with Crippen molar-refractivity contribution in [2.45, 2.75) is 11.2 Å². The van der Waals surface area contributed by atoms with Gasteiger partial charge < -0.3 is 0 Å². The first-order valence-electron chi connectivity index (χ1n) is 5.29. The molecule has 0 spiro atoms. The Morgan fingerprint density at radius 2 is 1.76 bits per heavy atom. The Morgan fingerprint density at radius 1 is 1.06 bits per heavy atom. The largest absolute Gasteiger partial charge is 0.0843 e. The van der Waals surface area contributed by atoms with Gasteiger partial charge in [0.1, 0.15) is 0 Å². The molecular weight excluding hydrogens is 363 g/mol. The fourth-order valence-electron chi connectivity index (χ4n) is 1.69. The van der Waals surface area contributed by atoms with Gasteiger partial charge in [-0.3, -0.25) is 0 Å². The van der Waals surface area contributed by atoms with Crippen LogP contribution in [0.25, 0.3) is 0 Å². The van der Waals surface area contributed by atoms with E-state index in [-0.39, 0.29) is 4.83 Å². The summed E-state index contributed by atoms with van der Waals surface area (Å²) in [5.41, 5.74) is 2.50. The van der Waals surface area contributed by atoms with Crippen LogP contribution in [0.4, 0.5) is 0 Å². The van der Waals surface area contributed by atoms with Crippen molar-refractivity contribution in [1.29, 1.82) is 0 Å². The topological polar surface area (TPSA) is 0 Å². The first kappa shape index (κ1) is 13.1. The number of alkyl halides is 1. The van der Waals surface area contributed by atoms with Gasteiger partial charge in [-0.2, -0.15) is 0 Å². The Bertz CT molecular complexity index is 477. The molecule has 17 heavy (non-hydrogen) atoms. The Kier molecular flexibility index (Phi) is 4.66. The first-order valence-corrected chi connectivity index (χ1v) is 7.38. The minimum atomic E-state index is 0.278. The van der Waals surface area contributed by atoms with Crippen LogP contribution in [0.15, 0.2) is 53.0 Å². The van der Waals surface area contributed by atoms with Crippen LogP contribution in [-0.2, 0) is 6.42 Å². The van der Waals surface area contributed by atoms with Gasteiger partial charge in [0.25, 0.3) is 0 Å². The van der Waals surface area contributed by atoms with E-state index in [1.54, 1.807) is 0 Å². The molecule has 0 aromatic heterocycles. The molecule has 2 rings (SSSR count). The van der Waals surface area contributed by atoms with Crippen molar-refractivity contribution in [1.82, 2.24) is 0 Å². The molecule has 0 aliphatic heterocycles. The third-order valence-corrected chi connectivity index (χ3v) is 4.03. The van der Waals surface area contributed by atoms with Gasteiger partial charge in [0, 0.05) is 14.3 Å². The van der Waals surface area contributed by atoms with Gasteiger partial charge in [-0.25, -0.2) is 0 Å². The molecule has 2 aromatic carbocycles. The standard InChI is InChI=1S/C14H11Br2Cl/c15-12-7-11(8-13(17)9-12)14(16)6-10-4-2-1-3-5-10/h1-5,7-9,14H,6H2. The van der Waals surface area contributed by atoms with Crippen molar-refractivity contribution in [3.05, 3.63) is 69.2 Å². The molecule has 1 atom stereocenters. The number of hydrogen-bond acceptors (Lipinski definition) is 0. The Morgan fingerprint density at radius 3 is 2.41 bits per heavy atom. The normalized spacial score (nSPS) is 12.4. The average molecular weight is 375 g/mol. The quantitative estimate of drug-likeness (QED) is 0.597. The first-order chi connectivity index (χ1) is 8.15. The van der Waals surface area contributed by atoms with Crippen molar-refractivity contribution in [2.75, 3.05) is 0 Å². The summed E-state index contributed by atoms with van der Waals surface area (Å²) in [5, 5.41) is 0.756. The second kappa shape index (κ2) is 6.03. The molecule has 0 aliphatic rings. The number of benzene rings is 2. The fraction of sp³-hybridized carbons (Fsp3) is 0.143. The highest BCUT2D eigenvalue weighted by Gasteiger charge is 2.09. The van der Waals surface area contributed by atoms with E-state index in [1.807, 2.05) is 18.2 Å². The monoisotopic (exact) mass is 372 g/mol. The summed E-state index contributed by atoms with van der Waals surface area (Å²) in [7, 11) is 0. The van der Waals surface area contributed by atoms with E-state index >= 15 is 0 Å². The third kappa shape index (κ3) is 3.84. The Balaban J connectivity index is 2.17. The molecular formula is C14H11Br2Cl. The maximum atomic E-state index is 6.05. The third-order valence-electron chi connectivity index (χ3n) is 2.50. The van der Waals surface area contributed by atoms with Crippen LogP contribution in [0.1, 0.15) is 16.0 Å². The zero-order valence-corrected chi connectivity index (χ0v) is 13.0. The van der Waals surface area contributed by atoms with Crippen LogP contribution in [0, 0.1) is 0 Å². The van der Waals surface area contributed by atoms with Gasteiger partial charge in [-0.1, -0.05) is 73.8 Å². The maximum absolute atomic E-state index is 6.05. The van der Waals surface area contributed by atoms with Crippen LogP contribution in [-0.4, -0.2) is 0 Å². The summed E-state index contributed by atoms with van der Waals surface area (Å²) in [6, 6.07) is 16.4. The van der Waals surface area contributed by atoms with Crippen molar-refractivity contribution < 1.29 is 0 Å². The molecule has 0 amide bonds. The lowest BCUT2D eigenvalue weighted by atomic mass is 10.0. The van der Waals surface area contributed by atoms with Crippen molar-refractivity contribution in [3.63, 3.8) is 0 Å². The van der Waals surface area contributed by atoms with Crippen molar-refractivity contribution in [3.8, 4) is 0 Å². The number of rotatable bonds is 3. The second-order valence-electron chi connectivity index (χ2n) is 3.86. The summed E-state index contributed by atoms with van der Waals surface area (Å²) in [5.74, 6) is 0. The summed E-state index contributed by atoms with van der Waals surface area (Å²) >= 11 is 13.2. The van der Waals surface area contributed by atoms with Crippen LogP contribution in [0.3, 0.4) is 0 Å². The van der Waals surface area contributed by atoms with Gasteiger partial charge in [0.2, 0.25) is 0 Å². The van der Waals surface area contributed by atoms with Crippen LogP contribution < -0.4 is 0 Å². The Labute approximate surface area is 123 Å². The highest BCUT2D eigenvalue weighted by molar-refractivity contribution is 9.10. The summed E-state index contributed by atoms with van der Waals surface area (Å²) in [4.78, 5) is 0.278. The molecule has 0 nitrogen and oxygen atoms in total. The smallest absolute Gasteiger partial charge is 0.0436 e. The molecule has 3 heteroatoms. The Hall–Kier alpha value is -0.310. The summed E-state index contributed by atoms with van der Waals surface area (Å²) < 4.78 is 1.01. The molecule has 0 heterocycles. The lowest BCUT2D eigenvalue weighted by molar-refractivity contribution is 0.948. The van der Waals surface area contributed by atoms with Gasteiger partial charge in [0.15, 0.2) is 0 Å². The SMILES string of the molecule is Clc1cc(Br)cc(C(Br)Cc2ccccc2)c1. The van der Waals surface area contributed by atoms with E-state index in [0.717, 1.165) is 15.9 Å². The zero-order valence-electron chi connectivity index (χ0n) is 9.04. The predicted molar refractivity (Wildman–Crippen MR) is 81.0 cm³/mol. The molecule has 0 N–H and O–H groups in total. The van der Waals surface area contributed by atoms with Crippen LogP contribution in [0.2, 0.25) is 5.02 Å². The molecule has 0 radical (unpaired) electrons. The molecule has 0 aliphatic carbocycles. The molecule has 0 saturated heterocycles. The van der Waals surface area contributed by atoms with Crippen molar-refractivity contribution in [2.24, 2.45) is 0 Å². The number of hydrogen-bond donors (Lipinski definition) is 0. The minimum absolute atomic E-state index is 0.278. The van der Waals surface area contributed by atoms with E-state index in [0.29, 0.717) is 0 Å². The van der Waals surface area contributed by atoms with E-state index in [9.17, 15) is 0 Å². The molecule has 0 saturated carbocycles. The van der Waals surface area contributed by atoms with E-state index in [2.05, 4.69) is 62.2 Å². The zero-order chi connectivity index (χ0) is 12.3. The molecule has 0 fully saturated rings. The van der Waals surface area contributed by atoms with Gasteiger partial charge >= 0.3 is 0 Å². The lowest BCUT2D eigenvalue weighted by Crippen LogP contribution is -1.95. The fourth-order valence-corrected chi connectivity index (χ4v) is 3.22. The van der Waals surface area contributed by atoms with Crippen molar-refractivity contribution >= 4 is 43.5 Å².